The van der Waals surface area contributed by atoms with Crippen LogP contribution in [0, 0.1) is 0 Å². The molecule has 0 aliphatic carbocycles. The van der Waals surface area contributed by atoms with Crippen LogP contribution in [0.1, 0.15) is 18.9 Å². The molecule has 0 aliphatic rings. The Bertz CT molecular complexity index is 643. The Morgan fingerprint density at radius 2 is 1.87 bits per heavy atom. The summed E-state index contributed by atoms with van der Waals surface area (Å²) >= 11 is 5.84. The number of ether oxygens (including phenoxy) is 2. The van der Waals surface area contributed by atoms with Crippen LogP contribution in [0.3, 0.4) is 0 Å². The van der Waals surface area contributed by atoms with E-state index in [-0.39, 0.29) is 5.91 Å². The number of methoxy groups -OCH3 is 1. The molecule has 0 radical (unpaired) electrons. The fourth-order valence-corrected chi connectivity index (χ4v) is 2.19. The number of rotatable bonds is 7. The lowest BCUT2D eigenvalue weighted by Crippen LogP contribution is -2.37. The maximum atomic E-state index is 12.3. The van der Waals surface area contributed by atoms with Gasteiger partial charge in [-0.1, -0.05) is 36.7 Å². The summed E-state index contributed by atoms with van der Waals surface area (Å²) in [5, 5.41) is 3.55. The summed E-state index contributed by atoms with van der Waals surface area (Å²) in [5.41, 5.74) is 0.985. The summed E-state index contributed by atoms with van der Waals surface area (Å²) in [5.74, 6) is 1.15. The second-order valence-electron chi connectivity index (χ2n) is 5.04. The molecule has 1 amide bonds. The zero-order chi connectivity index (χ0) is 16.7. The van der Waals surface area contributed by atoms with Crippen LogP contribution in [0.2, 0.25) is 5.02 Å². The molecule has 0 bridgehead atoms. The Morgan fingerprint density at radius 3 is 2.52 bits per heavy atom. The van der Waals surface area contributed by atoms with Gasteiger partial charge in [-0.05, 0) is 36.2 Å². The quantitative estimate of drug-likeness (QED) is 0.837. The Hall–Kier alpha value is -2.20. The molecule has 5 heteroatoms. The van der Waals surface area contributed by atoms with Crippen LogP contribution >= 0.6 is 11.6 Å². The Balaban J connectivity index is 1.93. The molecule has 0 aliphatic heterocycles. The van der Waals surface area contributed by atoms with Gasteiger partial charge < -0.3 is 14.8 Å². The van der Waals surface area contributed by atoms with E-state index < -0.39 is 6.10 Å². The Morgan fingerprint density at radius 1 is 1.17 bits per heavy atom. The molecule has 0 aromatic heterocycles. The molecule has 2 rings (SSSR count). The predicted molar refractivity (Wildman–Crippen MR) is 91.0 cm³/mol. The smallest absolute Gasteiger partial charge is 0.261 e. The molecule has 0 spiro atoms. The van der Waals surface area contributed by atoms with E-state index in [0.29, 0.717) is 29.5 Å². The van der Waals surface area contributed by atoms with Crippen molar-refractivity contribution in [2.75, 3.05) is 7.11 Å². The molecule has 0 saturated carbocycles. The zero-order valence-electron chi connectivity index (χ0n) is 13.2. The number of halogens is 1. The van der Waals surface area contributed by atoms with Crippen molar-refractivity contribution in [1.29, 1.82) is 0 Å². The van der Waals surface area contributed by atoms with E-state index in [4.69, 9.17) is 21.1 Å². The second-order valence-corrected chi connectivity index (χ2v) is 5.47. The highest BCUT2D eigenvalue weighted by molar-refractivity contribution is 6.30. The highest BCUT2D eigenvalue weighted by atomic mass is 35.5. The van der Waals surface area contributed by atoms with Crippen LogP contribution in [0.25, 0.3) is 0 Å². The van der Waals surface area contributed by atoms with Gasteiger partial charge in [0.15, 0.2) is 6.10 Å². The average molecular weight is 334 g/mol. The van der Waals surface area contributed by atoms with Crippen LogP contribution < -0.4 is 14.8 Å². The fourth-order valence-electron chi connectivity index (χ4n) is 2.07. The molecule has 0 saturated heterocycles. The third-order valence-corrected chi connectivity index (χ3v) is 3.61. The van der Waals surface area contributed by atoms with Crippen LogP contribution in [0.4, 0.5) is 0 Å². The van der Waals surface area contributed by atoms with Crippen molar-refractivity contribution >= 4 is 17.5 Å². The summed E-state index contributed by atoms with van der Waals surface area (Å²) in [6.45, 7) is 2.35. The van der Waals surface area contributed by atoms with Crippen LogP contribution in [0.15, 0.2) is 48.5 Å². The molecule has 1 unspecified atom stereocenters. The maximum absolute atomic E-state index is 12.3. The first-order valence-corrected chi connectivity index (χ1v) is 7.83. The number of benzene rings is 2. The SMILES string of the molecule is CCC(Oc1cccc(OC)c1)C(=O)NCc1ccc(Cl)cc1. The molecule has 2 aromatic carbocycles. The third-order valence-electron chi connectivity index (χ3n) is 3.36. The summed E-state index contributed by atoms with van der Waals surface area (Å²) < 4.78 is 10.9. The van der Waals surface area contributed by atoms with E-state index in [1.807, 2.05) is 31.2 Å². The standard InChI is InChI=1S/C18H20ClNO3/c1-3-17(23-16-6-4-5-15(11-16)22-2)18(21)20-12-13-7-9-14(19)10-8-13/h4-11,17H,3,12H2,1-2H3,(H,20,21). The highest BCUT2D eigenvalue weighted by Gasteiger charge is 2.18. The van der Waals surface area contributed by atoms with Crippen molar-refractivity contribution in [2.45, 2.75) is 26.0 Å². The number of carbonyl (C=O) groups excluding carboxylic acids is 1. The topological polar surface area (TPSA) is 47.6 Å². The minimum atomic E-state index is -0.547. The first-order valence-electron chi connectivity index (χ1n) is 7.45. The van der Waals surface area contributed by atoms with Crippen molar-refractivity contribution < 1.29 is 14.3 Å². The molecule has 0 fully saturated rings. The van der Waals surface area contributed by atoms with Crippen LogP contribution in [-0.2, 0) is 11.3 Å². The molecule has 0 heterocycles. The molecular formula is C18H20ClNO3. The molecule has 1 atom stereocenters. The largest absolute Gasteiger partial charge is 0.497 e. The number of hydrogen-bond acceptors (Lipinski definition) is 3. The molecular weight excluding hydrogens is 314 g/mol. The molecule has 23 heavy (non-hydrogen) atoms. The lowest BCUT2D eigenvalue weighted by molar-refractivity contribution is -0.128. The van der Waals surface area contributed by atoms with Gasteiger partial charge in [0.1, 0.15) is 11.5 Å². The van der Waals surface area contributed by atoms with Crippen molar-refractivity contribution in [1.82, 2.24) is 5.32 Å². The van der Waals surface area contributed by atoms with Gasteiger partial charge in [0, 0.05) is 17.6 Å². The lowest BCUT2D eigenvalue weighted by Gasteiger charge is -2.17. The van der Waals surface area contributed by atoms with Gasteiger partial charge in [0.25, 0.3) is 5.91 Å². The fraction of sp³-hybridized carbons (Fsp3) is 0.278. The van der Waals surface area contributed by atoms with Gasteiger partial charge in [0.2, 0.25) is 0 Å². The monoisotopic (exact) mass is 333 g/mol. The number of carbonyl (C=O) groups is 1. The molecule has 122 valence electrons. The van der Waals surface area contributed by atoms with E-state index in [2.05, 4.69) is 5.32 Å². The van der Waals surface area contributed by atoms with Gasteiger partial charge in [-0.15, -0.1) is 0 Å². The molecule has 1 N–H and O–H groups in total. The van der Waals surface area contributed by atoms with Crippen LogP contribution in [-0.4, -0.2) is 19.1 Å². The maximum Gasteiger partial charge on any atom is 0.261 e. The zero-order valence-corrected chi connectivity index (χ0v) is 14.0. The predicted octanol–water partition coefficient (Wildman–Crippen LogP) is 3.82. The normalized spacial score (nSPS) is 11.6. The van der Waals surface area contributed by atoms with E-state index in [1.165, 1.54) is 0 Å². The van der Waals surface area contributed by atoms with Gasteiger partial charge in [0.05, 0.1) is 7.11 Å². The van der Waals surface area contributed by atoms with Crippen molar-refractivity contribution in [3.8, 4) is 11.5 Å². The van der Waals surface area contributed by atoms with E-state index >= 15 is 0 Å². The van der Waals surface area contributed by atoms with E-state index in [9.17, 15) is 4.79 Å². The summed E-state index contributed by atoms with van der Waals surface area (Å²) in [6.07, 6.45) is 0.0262. The van der Waals surface area contributed by atoms with Crippen molar-refractivity contribution in [3.63, 3.8) is 0 Å². The summed E-state index contributed by atoms with van der Waals surface area (Å²) in [6, 6.07) is 14.6. The Labute approximate surface area is 141 Å². The number of nitrogens with one attached hydrogen (secondary N) is 1. The van der Waals surface area contributed by atoms with E-state index in [0.717, 1.165) is 5.56 Å². The number of amides is 1. The van der Waals surface area contributed by atoms with Crippen molar-refractivity contribution in [2.24, 2.45) is 0 Å². The van der Waals surface area contributed by atoms with Gasteiger partial charge in [-0.2, -0.15) is 0 Å². The lowest BCUT2D eigenvalue weighted by atomic mass is 10.2. The van der Waals surface area contributed by atoms with Crippen molar-refractivity contribution in [3.05, 3.63) is 59.1 Å². The van der Waals surface area contributed by atoms with Gasteiger partial charge in [-0.3, -0.25) is 4.79 Å². The first kappa shape index (κ1) is 17.2. The highest BCUT2D eigenvalue weighted by Crippen LogP contribution is 2.20. The third kappa shape index (κ3) is 5.18. The summed E-state index contributed by atoms with van der Waals surface area (Å²) in [7, 11) is 1.59. The van der Waals surface area contributed by atoms with Crippen LogP contribution in [0.5, 0.6) is 11.5 Å². The second kappa shape index (κ2) is 8.44. The van der Waals surface area contributed by atoms with Gasteiger partial charge in [-0.25, -0.2) is 0 Å². The minimum Gasteiger partial charge on any atom is -0.497 e. The minimum absolute atomic E-state index is 0.148. The first-order chi connectivity index (χ1) is 11.1. The molecule has 4 nitrogen and oxygen atoms in total. The average Bonchev–Trinajstić information content (AvgIpc) is 2.59. The van der Waals surface area contributed by atoms with E-state index in [1.54, 1.807) is 31.4 Å². The number of hydrogen-bond donors (Lipinski definition) is 1. The Kier molecular flexibility index (Phi) is 6.29. The summed E-state index contributed by atoms with van der Waals surface area (Å²) in [4.78, 5) is 12.3. The van der Waals surface area contributed by atoms with Gasteiger partial charge >= 0.3 is 0 Å². The molecule has 2 aromatic rings.